The van der Waals surface area contributed by atoms with Gasteiger partial charge in [-0.25, -0.2) is 8.78 Å². The van der Waals surface area contributed by atoms with Gasteiger partial charge in [-0.15, -0.1) is 0 Å². The van der Waals surface area contributed by atoms with E-state index >= 15 is 0 Å². The number of methoxy groups -OCH3 is 1. The maximum absolute atomic E-state index is 14.0. The Bertz CT molecular complexity index is 611. The van der Waals surface area contributed by atoms with E-state index in [9.17, 15) is 13.9 Å². The molecule has 0 aromatic heterocycles. The normalized spacial score (nSPS) is 12.2. The van der Waals surface area contributed by atoms with Gasteiger partial charge in [-0.3, -0.25) is 0 Å². The van der Waals surface area contributed by atoms with Crippen molar-refractivity contribution in [1.29, 1.82) is 0 Å². The van der Waals surface area contributed by atoms with Crippen molar-refractivity contribution in [2.45, 2.75) is 19.4 Å². The average molecular weight is 278 g/mol. The Morgan fingerprint density at radius 2 is 1.95 bits per heavy atom. The fourth-order valence-corrected chi connectivity index (χ4v) is 2.16. The maximum Gasteiger partial charge on any atom is 0.168 e. The molecule has 1 atom stereocenters. The van der Waals surface area contributed by atoms with Gasteiger partial charge < -0.3 is 9.84 Å². The summed E-state index contributed by atoms with van der Waals surface area (Å²) in [4.78, 5) is 0. The highest BCUT2D eigenvalue weighted by Gasteiger charge is 2.16. The van der Waals surface area contributed by atoms with Crippen molar-refractivity contribution in [3.8, 4) is 5.75 Å². The number of hydrogen-bond acceptors (Lipinski definition) is 2. The molecule has 0 aliphatic heterocycles. The van der Waals surface area contributed by atoms with E-state index in [1.165, 1.54) is 25.3 Å². The monoisotopic (exact) mass is 278 g/mol. The number of hydrogen-bond donors (Lipinski definition) is 1. The lowest BCUT2D eigenvalue weighted by atomic mass is 9.97. The van der Waals surface area contributed by atoms with Gasteiger partial charge in [-0.05, 0) is 41.8 Å². The molecule has 0 heterocycles. The summed E-state index contributed by atoms with van der Waals surface area (Å²) >= 11 is 0. The van der Waals surface area contributed by atoms with E-state index in [-0.39, 0.29) is 12.2 Å². The van der Waals surface area contributed by atoms with Gasteiger partial charge in [0.2, 0.25) is 0 Å². The Kier molecular flexibility index (Phi) is 4.35. The quantitative estimate of drug-likeness (QED) is 0.926. The lowest BCUT2D eigenvalue weighted by molar-refractivity contribution is 0.175. The molecule has 0 fully saturated rings. The first-order valence-corrected chi connectivity index (χ1v) is 6.28. The van der Waals surface area contributed by atoms with Gasteiger partial charge in [0.25, 0.3) is 0 Å². The van der Waals surface area contributed by atoms with Crippen molar-refractivity contribution in [3.05, 3.63) is 64.7 Å². The molecule has 2 aromatic carbocycles. The van der Waals surface area contributed by atoms with Gasteiger partial charge in [0.05, 0.1) is 13.2 Å². The molecule has 1 unspecified atom stereocenters. The second-order valence-electron chi connectivity index (χ2n) is 4.65. The molecule has 2 rings (SSSR count). The zero-order valence-electron chi connectivity index (χ0n) is 11.4. The number of rotatable bonds is 4. The third-order valence-electron chi connectivity index (χ3n) is 3.28. The number of ether oxygens (including phenoxy) is 1. The highest BCUT2D eigenvalue weighted by Crippen LogP contribution is 2.27. The molecule has 0 saturated carbocycles. The molecular weight excluding hydrogens is 262 g/mol. The molecule has 2 nitrogen and oxygen atoms in total. The summed E-state index contributed by atoms with van der Waals surface area (Å²) < 4.78 is 32.2. The third-order valence-corrected chi connectivity index (χ3v) is 3.28. The van der Waals surface area contributed by atoms with Gasteiger partial charge in [-0.1, -0.05) is 18.2 Å². The molecule has 0 radical (unpaired) electrons. The molecule has 0 aliphatic carbocycles. The first-order chi connectivity index (χ1) is 9.52. The van der Waals surface area contributed by atoms with Gasteiger partial charge in [0, 0.05) is 6.42 Å². The summed E-state index contributed by atoms with van der Waals surface area (Å²) in [6, 6.07) is 8.95. The number of aliphatic hydroxyl groups excluding tert-OH is 1. The minimum Gasteiger partial charge on any atom is -0.494 e. The van der Waals surface area contributed by atoms with Crippen molar-refractivity contribution in [2.24, 2.45) is 0 Å². The average Bonchev–Trinajstić information content (AvgIpc) is 2.43. The fraction of sp³-hybridized carbons (Fsp3) is 0.250. The molecule has 0 saturated heterocycles. The Labute approximate surface area is 116 Å². The van der Waals surface area contributed by atoms with Crippen molar-refractivity contribution >= 4 is 0 Å². The predicted molar refractivity (Wildman–Crippen MR) is 72.8 cm³/mol. The molecule has 106 valence electrons. The van der Waals surface area contributed by atoms with Crippen LogP contribution in [0.3, 0.4) is 0 Å². The van der Waals surface area contributed by atoms with Crippen LogP contribution >= 0.6 is 0 Å². The molecule has 20 heavy (non-hydrogen) atoms. The molecular formula is C16H16F2O2. The molecule has 4 heteroatoms. The molecule has 0 amide bonds. The maximum atomic E-state index is 14.0. The SMILES string of the molecule is COc1cccc(CC(O)c2cc(F)ccc2C)c1F. The Balaban J connectivity index is 2.28. The van der Waals surface area contributed by atoms with Crippen LogP contribution in [0.4, 0.5) is 8.78 Å². The molecule has 0 aliphatic rings. The Morgan fingerprint density at radius 1 is 1.20 bits per heavy atom. The smallest absolute Gasteiger partial charge is 0.168 e. The van der Waals surface area contributed by atoms with Crippen LogP contribution < -0.4 is 4.74 Å². The number of benzene rings is 2. The van der Waals surface area contributed by atoms with E-state index in [1.54, 1.807) is 25.1 Å². The van der Waals surface area contributed by atoms with Crippen molar-refractivity contribution in [1.82, 2.24) is 0 Å². The lowest BCUT2D eigenvalue weighted by Gasteiger charge is -2.15. The highest BCUT2D eigenvalue weighted by molar-refractivity contribution is 5.34. The van der Waals surface area contributed by atoms with Crippen molar-refractivity contribution < 1.29 is 18.6 Å². The zero-order valence-corrected chi connectivity index (χ0v) is 11.4. The van der Waals surface area contributed by atoms with E-state index in [1.807, 2.05) is 0 Å². The highest BCUT2D eigenvalue weighted by atomic mass is 19.1. The standard InChI is InChI=1S/C16H16F2O2/c1-10-6-7-12(17)9-13(10)14(19)8-11-4-3-5-15(20-2)16(11)18/h3-7,9,14,19H,8H2,1-2H3. The van der Waals surface area contributed by atoms with E-state index in [0.717, 1.165) is 5.56 Å². The first kappa shape index (κ1) is 14.5. The molecule has 0 bridgehead atoms. The van der Waals surface area contributed by atoms with Crippen LogP contribution in [-0.2, 0) is 6.42 Å². The Morgan fingerprint density at radius 3 is 2.65 bits per heavy atom. The third kappa shape index (κ3) is 2.96. The minimum atomic E-state index is -0.965. The van der Waals surface area contributed by atoms with Crippen LogP contribution in [0.5, 0.6) is 5.75 Å². The van der Waals surface area contributed by atoms with Crippen LogP contribution in [-0.4, -0.2) is 12.2 Å². The fourth-order valence-electron chi connectivity index (χ4n) is 2.16. The molecule has 0 spiro atoms. The number of aliphatic hydroxyl groups is 1. The number of aryl methyl sites for hydroxylation is 1. The molecule has 1 N–H and O–H groups in total. The van der Waals surface area contributed by atoms with Gasteiger partial charge in [-0.2, -0.15) is 0 Å². The summed E-state index contributed by atoms with van der Waals surface area (Å²) in [5.41, 5.74) is 1.56. The number of halogens is 2. The lowest BCUT2D eigenvalue weighted by Crippen LogP contribution is -2.06. The van der Waals surface area contributed by atoms with Gasteiger partial charge in [0.1, 0.15) is 5.82 Å². The van der Waals surface area contributed by atoms with Gasteiger partial charge in [0.15, 0.2) is 11.6 Å². The summed E-state index contributed by atoms with van der Waals surface area (Å²) in [6.45, 7) is 1.78. The van der Waals surface area contributed by atoms with E-state index < -0.39 is 17.7 Å². The summed E-state index contributed by atoms with van der Waals surface area (Å²) in [7, 11) is 1.38. The summed E-state index contributed by atoms with van der Waals surface area (Å²) in [5.74, 6) is -0.787. The van der Waals surface area contributed by atoms with E-state index in [4.69, 9.17) is 4.74 Å². The molecule has 2 aromatic rings. The Hall–Kier alpha value is -1.94. The second-order valence-corrected chi connectivity index (χ2v) is 4.65. The van der Waals surface area contributed by atoms with E-state index in [0.29, 0.717) is 11.1 Å². The van der Waals surface area contributed by atoms with E-state index in [2.05, 4.69) is 0 Å². The van der Waals surface area contributed by atoms with Gasteiger partial charge >= 0.3 is 0 Å². The largest absolute Gasteiger partial charge is 0.494 e. The predicted octanol–water partition coefficient (Wildman–Crippen LogP) is 3.56. The van der Waals surface area contributed by atoms with Crippen LogP contribution in [0.2, 0.25) is 0 Å². The summed E-state index contributed by atoms with van der Waals surface area (Å²) in [6.07, 6.45) is -0.903. The minimum absolute atomic E-state index is 0.0628. The van der Waals surface area contributed by atoms with Crippen molar-refractivity contribution in [3.63, 3.8) is 0 Å². The van der Waals surface area contributed by atoms with Crippen molar-refractivity contribution in [2.75, 3.05) is 7.11 Å². The first-order valence-electron chi connectivity index (χ1n) is 6.28. The van der Waals surface area contributed by atoms with Crippen LogP contribution in [0.15, 0.2) is 36.4 Å². The summed E-state index contributed by atoms with van der Waals surface area (Å²) in [5, 5.41) is 10.2. The van der Waals surface area contributed by atoms with Crippen LogP contribution in [0.1, 0.15) is 22.8 Å². The second kappa shape index (κ2) is 6.01. The van der Waals surface area contributed by atoms with Crippen LogP contribution in [0, 0.1) is 18.6 Å². The van der Waals surface area contributed by atoms with Crippen LogP contribution in [0.25, 0.3) is 0 Å². The zero-order chi connectivity index (χ0) is 14.7. The topological polar surface area (TPSA) is 29.5 Å².